The van der Waals surface area contributed by atoms with Gasteiger partial charge in [0.25, 0.3) is 0 Å². The van der Waals surface area contributed by atoms with Gasteiger partial charge in [0.15, 0.2) is 5.69 Å². The molecule has 1 aromatic carbocycles. The van der Waals surface area contributed by atoms with E-state index >= 15 is 0 Å². The van der Waals surface area contributed by atoms with Crippen LogP contribution in [0.3, 0.4) is 0 Å². The molecule has 0 saturated heterocycles. The maximum atomic E-state index is 11.8. The van der Waals surface area contributed by atoms with Gasteiger partial charge in [0, 0.05) is 42.7 Å². The average molecular weight is 373 g/mol. The number of carboxylic acid groups (broad SMARTS) is 1. The molecule has 0 radical (unpaired) electrons. The van der Waals surface area contributed by atoms with Crippen LogP contribution in [0, 0.1) is 0 Å². The van der Waals surface area contributed by atoms with Crippen LogP contribution in [-0.4, -0.2) is 36.7 Å². The topological polar surface area (TPSA) is 110 Å². The van der Waals surface area contributed by atoms with Crippen LogP contribution in [0.1, 0.15) is 17.4 Å². The Morgan fingerprint density at radius 1 is 1.04 bits per heavy atom. The molecule has 0 aliphatic carbocycles. The molecule has 8 heteroatoms. The van der Waals surface area contributed by atoms with Crippen molar-refractivity contribution in [2.24, 2.45) is 0 Å². The van der Waals surface area contributed by atoms with E-state index in [4.69, 9.17) is 0 Å². The number of nitrogens with zero attached hydrogens (tertiary/aromatic N) is 4. The van der Waals surface area contributed by atoms with Gasteiger partial charge in [0.1, 0.15) is 5.69 Å². The molecule has 3 aromatic heterocycles. The van der Waals surface area contributed by atoms with Crippen LogP contribution in [0.2, 0.25) is 0 Å². The van der Waals surface area contributed by atoms with Gasteiger partial charge < -0.3 is 10.4 Å². The number of carbonyl (C=O) groups excluding carboxylic acids is 1. The van der Waals surface area contributed by atoms with Gasteiger partial charge in [-0.3, -0.25) is 9.78 Å². The van der Waals surface area contributed by atoms with E-state index < -0.39 is 11.9 Å². The zero-order valence-corrected chi connectivity index (χ0v) is 14.8. The van der Waals surface area contributed by atoms with Gasteiger partial charge in [-0.2, -0.15) is 5.10 Å². The van der Waals surface area contributed by atoms with Gasteiger partial charge in [-0.05, 0) is 23.8 Å². The summed E-state index contributed by atoms with van der Waals surface area (Å²) in [6.45, 7) is 1.31. The number of hydrogen-bond acceptors (Lipinski definition) is 5. The molecule has 0 saturated carbocycles. The van der Waals surface area contributed by atoms with E-state index in [0.29, 0.717) is 11.3 Å². The third-order valence-corrected chi connectivity index (χ3v) is 4.23. The number of hydrogen-bond donors (Lipinski definition) is 2. The molecule has 28 heavy (non-hydrogen) atoms. The molecule has 0 aliphatic heterocycles. The fourth-order valence-electron chi connectivity index (χ4n) is 3.13. The summed E-state index contributed by atoms with van der Waals surface area (Å²) < 4.78 is 1.52. The lowest BCUT2D eigenvalue weighted by atomic mass is 9.99. The maximum absolute atomic E-state index is 11.8. The molecule has 8 nitrogen and oxygen atoms in total. The highest BCUT2D eigenvalue weighted by molar-refractivity contribution is 6.05. The average Bonchev–Trinajstić information content (AvgIpc) is 3.21. The largest absolute Gasteiger partial charge is 0.476 e. The molecule has 138 valence electrons. The van der Waals surface area contributed by atoms with E-state index in [9.17, 15) is 14.7 Å². The fraction of sp³-hybridized carbons (Fsp3) is 0.0500. The normalized spacial score (nSPS) is 10.8. The van der Waals surface area contributed by atoms with Crippen molar-refractivity contribution in [3.8, 4) is 16.8 Å². The Labute approximate surface area is 159 Å². The highest BCUT2D eigenvalue weighted by Gasteiger charge is 2.23. The third kappa shape index (κ3) is 2.96. The molecule has 0 aliphatic rings. The minimum atomic E-state index is -1.25. The molecule has 0 spiro atoms. The Bertz CT molecular complexity index is 1200. The summed E-state index contributed by atoms with van der Waals surface area (Å²) in [6, 6.07) is 11.1. The molecule has 0 fully saturated rings. The highest BCUT2D eigenvalue weighted by atomic mass is 16.4. The minimum absolute atomic E-state index is 0.0853. The molecule has 2 N–H and O–H groups in total. The van der Waals surface area contributed by atoms with E-state index in [-0.39, 0.29) is 11.4 Å². The summed E-state index contributed by atoms with van der Waals surface area (Å²) in [5, 5.41) is 17.3. The van der Waals surface area contributed by atoms with Crippen LogP contribution in [0.25, 0.3) is 27.7 Å². The second kappa shape index (κ2) is 6.92. The van der Waals surface area contributed by atoms with Crippen molar-refractivity contribution in [2.45, 2.75) is 6.92 Å². The first-order chi connectivity index (χ1) is 13.6. The Kier molecular flexibility index (Phi) is 4.29. The molecule has 1 amide bonds. The van der Waals surface area contributed by atoms with Crippen molar-refractivity contribution in [2.75, 3.05) is 5.32 Å². The van der Waals surface area contributed by atoms with Crippen molar-refractivity contribution in [1.29, 1.82) is 0 Å². The summed E-state index contributed by atoms with van der Waals surface area (Å²) >= 11 is 0. The zero-order valence-electron chi connectivity index (χ0n) is 14.8. The number of aromatic nitrogens is 4. The fourth-order valence-corrected chi connectivity index (χ4v) is 3.13. The SMILES string of the molecule is CC(=O)Nc1c(C(=O)O)ncc(-c2ccnc3ccccc23)c1-n1cccn1. The van der Waals surface area contributed by atoms with Gasteiger partial charge in [0.2, 0.25) is 5.91 Å². The molecular formula is C20H15N5O3. The monoisotopic (exact) mass is 373 g/mol. The lowest BCUT2D eigenvalue weighted by molar-refractivity contribution is -0.114. The summed E-state index contributed by atoms with van der Waals surface area (Å²) in [7, 11) is 0. The predicted molar refractivity (Wildman–Crippen MR) is 103 cm³/mol. The molecule has 0 atom stereocenters. The molecule has 0 unspecified atom stereocenters. The van der Waals surface area contributed by atoms with Crippen molar-refractivity contribution in [3.63, 3.8) is 0 Å². The lowest BCUT2D eigenvalue weighted by Crippen LogP contribution is -2.16. The van der Waals surface area contributed by atoms with Gasteiger partial charge in [-0.1, -0.05) is 18.2 Å². The first-order valence-corrected chi connectivity index (χ1v) is 8.44. The smallest absolute Gasteiger partial charge is 0.356 e. The standard InChI is InChI=1S/C20H15N5O3/c1-12(26)24-17-18(20(27)28)22-11-15(19(17)25-10-4-8-23-25)13-7-9-21-16-6-3-2-5-14(13)16/h2-11H,1H3,(H,24,26)(H,27,28). The van der Waals surface area contributed by atoms with Crippen LogP contribution in [0.5, 0.6) is 0 Å². The van der Waals surface area contributed by atoms with Crippen molar-refractivity contribution in [1.82, 2.24) is 19.7 Å². The van der Waals surface area contributed by atoms with E-state index in [0.717, 1.165) is 16.5 Å². The number of carboxylic acids is 1. The number of amides is 1. The van der Waals surface area contributed by atoms with E-state index in [2.05, 4.69) is 20.4 Å². The number of carbonyl (C=O) groups is 2. The summed E-state index contributed by atoms with van der Waals surface area (Å²) in [4.78, 5) is 32.0. The summed E-state index contributed by atoms with van der Waals surface area (Å²) in [6.07, 6.45) is 6.41. The number of benzene rings is 1. The maximum Gasteiger partial charge on any atom is 0.356 e. The summed E-state index contributed by atoms with van der Waals surface area (Å²) in [5.41, 5.74) is 2.45. The van der Waals surface area contributed by atoms with Gasteiger partial charge in [0.05, 0.1) is 11.2 Å². The van der Waals surface area contributed by atoms with E-state index in [1.54, 1.807) is 24.7 Å². The second-order valence-corrected chi connectivity index (χ2v) is 6.06. The molecule has 0 bridgehead atoms. The first kappa shape index (κ1) is 17.3. The zero-order chi connectivity index (χ0) is 19.7. The van der Waals surface area contributed by atoms with Crippen molar-refractivity contribution in [3.05, 3.63) is 66.9 Å². The number of pyridine rings is 2. The Morgan fingerprint density at radius 2 is 1.86 bits per heavy atom. The number of aromatic carboxylic acids is 1. The quantitative estimate of drug-likeness (QED) is 0.569. The predicted octanol–water partition coefficient (Wildman–Crippen LogP) is 3.14. The van der Waals surface area contributed by atoms with Gasteiger partial charge in [-0.15, -0.1) is 0 Å². The molecule has 4 aromatic rings. The lowest BCUT2D eigenvalue weighted by Gasteiger charge is -2.17. The Hall–Kier alpha value is -4.07. The van der Waals surface area contributed by atoms with Crippen LogP contribution in [0.4, 0.5) is 5.69 Å². The minimum Gasteiger partial charge on any atom is -0.476 e. The number of anilines is 1. The van der Waals surface area contributed by atoms with E-state index in [1.165, 1.54) is 17.8 Å². The number of para-hydroxylation sites is 1. The third-order valence-electron chi connectivity index (χ3n) is 4.23. The van der Waals surface area contributed by atoms with E-state index in [1.807, 2.05) is 30.3 Å². The van der Waals surface area contributed by atoms with Gasteiger partial charge in [-0.25, -0.2) is 14.5 Å². The molecule has 3 heterocycles. The Morgan fingerprint density at radius 3 is 2.57 bits per heavy atom. The Balaban J connectivity index is 2.10. The number of fused-ring (bicyclic) bond motifs is 1. The van der Waals surface area contributed by atoms with Crippen molar-refractivity contribution >= 4 is 28.5 Å². The van der Waals surface area contributed by atoms with Crippen LogP contribution >= 0.6 is 0 Å². The molecule has 4 rings (SSSR count). The van der Waals surface area contributed by atoms with Gasteiger partial charge >= 0.3 is 5.97 Å². The molecular weight excluding hydrogens is 358 g/mol. The number of rotatable bonds is 4. The first-order valence-electron chi connectivity index (χ1n) is 8.44. The summed E-state index contributed by atoms with van der Waals surface area (Å²) in [5.74, 6) is -1.65. The van der Waals surface area contributed by atoms with Crippen LogP contribution in [-0.2, 0) is 4.79 Å². The van der Waals surface area contributed by atoms with Crippen molar-refractivity contribution < 1.29 is 14.7 Å². The van der Waals surface area contributed by atoms with Crippen LogP contribution < -0.4 is 5.32 Å². The highest BCUT2D eigenvalue weighted by Crippen LogP contribution is 2.36. The number of nitrogens with one attached hydrogen (secondary N) is 1. The second-order valence-electron chi connectivity index (χ2n) is 6.06. The van der Waals surface area contributed by atoms with Crippen LogP contribution in [0.15, 0.2) is 61.2 Å².